The number of hydrogen-bond donors (Lipinski definition) is 0. The van der Waals surface area contributed by atoms with Crippen molar-refractivity contribution in [2.75, 3.05) is 0 Å². The highest BCUT2D eigenvalue weighted by Gasteiger charge is 2.25. The lowest BCUT2D eigenvalue weighted by molar-refractivity contribution is 0.562. The van der Waals surface area contributed by atoms with Crippen molar-refractivity contribution in [2.24, 2.45) is 4.40 Å². The summed E-state index contributed by atoms with van der Waals surface area (Å²) in [4.78, 5) is 0. The van der Waals surface area contributed by atoms with Crippen LogP contribution in [0.1, 0.15) is 26.3 Å². The van der Waals surface area contributed by atoms with Gasteiger partial charge in [0.15, 0.2) is 0 Å². The Morgan fingerprint density at radius 3 is 2.50 bits per heavy atom. The fourth-order valence-electron chi connectivity index (χ4n) is 0.876. The number of benzene rings is 1. The van der Waals surface area contributed by atoms with Crippen LogP contribution in [-0.2, 0) is 11.4 Å². The van der Waals surface area contributed by atoms with Crippen LogP contribution in [0.15, 0.2) is 22.6 Å². The van der Waals surface area contributed by atoms with E-state index in [-0.39, 0.29) is 4.75 Å². The van der Waals surface area contributed by atoms with Gasteiger partial charge in [-0.15, -0.1) is 0 Å². The molecule has 0 heterocycles. The Morgan fingerprint density at radius 1 is 1.31 bits per heavy atom. The molecule has 0 saturated carbocycles. The number of halogens is 2. The minimum absolute atomic E-state index is 0.373. The number of nitrogens with zero attached hydrogens (tertiary/aromatic N) is 1. The van der Waals surface area contributed by atoms with Gasteiger partial charge in [-0.25, -0.2) is 0 Å². The van der Waals surface area contributed by atoms with Gasteiger partial charge in [-0.3, -0.25) is 0 Å². The van der Waals surface area contributed by atoms with E-state index in [1.807, 2.05) is 20.8 Å². The van der Waals surface area contributed by atoms with Gasteiger partial charge < -0.3 is 4.55 Å². The first-order chi connectivity index (χ1) is 7.30. The van der Waals surface area contributed by atoms with Crippen molar-refractivity contribution in [3.8, 4) is 0 Å². The van der Waals surface area contributed by atoms with E-state index in [4.69, 9.17) is 23.2 Å². The topological polar surface area (TPSA) is 35.4 Å². The summed E-state index contributed by atoms with van der Waals surface area (Å²) in [6.07, 6.45) is 1.50. The summed E-state index contributed by atoms with van der Waals surface area (Å²) >= 11 is 10.5. The van der Waals surface area contributed by atoms with Crippen LogP contribution in [-0.4, -0.2) is 15.5 Å². The van der Waals surface area contributed by atoms with E-state index in [0.29, 0.717) is 15.6 Å². The van der Waals surface area contributed by atoms with Gasteiger partial charge in [0.05, 0.1) is 6.21 Å². The third kappa shape index (κ3) is 3.98. The van der Waals surface area contributed by atoms with Crippen molar-refractivity contribution in [3.05, 3.63) is 33.8 Å². The highest BCUT2D eigenvalue weighted by atomic mass is 35.5. The molecule has 0 aliphatic carbocycles. The SMILES string of the molecule is CC(C)(C)[S@+]([O-])/N=C/c1cc(Cl)ccc1Cl. The molecule has 0 fully saturated rings. The number of rotatable bonds is 2. The molecule has 0 radical (unpaired) electrons. The summed E-state index contributed by atoms with van der Waals surface area (Å²) < 4.78 is 15.3. The highest BCUT2D eigenvalue weighted by Crippen LogP contribution is 2.21. The lowest BCUT2D eigenvalue weighted by Crippen LogP contribution is -2.25. The van der Waals surface area contributed by atoms with Crippen LogP contribution < -0.4 is 0 Å². The van der Waals surface area contributed by atoms with Crippen molar-refractivity contribution >= 4 is 40.8 Å². The molecule has 0 amide bonds. The zero-order valence-corrected chi connectivity index (χ0v) is 11.7. The molecule has 0 spiro atoms. The quantitative estimate of drug-likeness (QED) is 0.597. The second-order valence-corrected chi connectivity index (χ2v) is 7.04. The van der Waals surface area contributed by atoms with E-state index in [1.165, 1.54) is 6.21 Å². The van der Waals surface area contributed by atoms with Crippen molar-refractivity contribution in [1.82, 2.24) is 0 Å². The van der Waals surface area contributed by atoms with Crippen LogP contribution >= 0.6 is 23.2 Å². The zero-order chi connectivity index (χ0) is 12.3. The summed E-state index contributed by atoms with van der Waals surface area (Å²) in [5.74, 6) is 0. The van der Waals surface area contributed by atoms with E-state index >= 15 is 0 Å². The fraction of sp³-hybridized carbons (Fsp3) is 0.364. The summed E-state index contributed by atoms with van der Waals surface area (Å²) in [6, 6.07) is 5.07. The van der Waals surface area contributed by atoms with Crippen LogP contribution in [0, 0.1) is 0 Å². The van der Waals surface area contributed by atoms with E-state index in [0.717, 1.165) is 0 Å². The zero-order valence-electron chi connectivity index (χ0n) is 9.33. The second-order valence-electron chi connectivity index (χ2n) is 4.26. The molecule has 2 nitrogen and oxygen atoms in total. The molecular formula is C11H13Cl2NOS. The first kappa shape index (κ1) is 13.8. The van der Waals surface area contributed by atoms with Crippen molar-refractivity contribution in [3.63, 3.8) is 0 Å². The van der Waals surface area contributed by atoms with E-state index in [2.05, 4.69) is 4.40 Å². The van der Waals surface area contributed by atoms with Crippen LogP contribution in [0.5, 0.6) is 0 Å². The molecule has 0 bridgehead atoms. The maximum Gasteiger partial charge on any atom is 0.144 e. The van der Waals surface area contributed by atoms with Gasteiger partial charge in [0, 0.05) is 15.6 Å². The Balaban J connectivity index is 2.88. The maximum absolute atomic E-state index is 11.7. The van der Waals surface area contributed by atoms with Gasteiger partial charge in [0.2, 0.25) is 0 Å². The molecule has 16 heavy (non-hydrogen) atoms. The van der Waals surface area contributed by atoms with Gasteiger partial charge in [-0.2, -0.15) is 0 Å². The standard InChI is InChI=1S/C11H13Cl2NOS/c1-11(2,3)16(15)14-7-8-6-9(12)4-5-10(8)13/h4-7H,1-3H3/b14-7+/t16-/m0/s1. The minimum atomic E-state index is -1.28. The average molecular weight is 278 g/mol. The molecule has 0 N–H and O–H groups in total. The van der Waals surface area contributed by atoms with Crippen LogP contribution in [0.2, 0.25) is 10.0 Å². The predicted molar refractivity (Wildman–Crippen MR) is 72.0 cm³/mol. The largest absolute Gasteiger partial charge is 0.591 e. The first-order valence-corrected chi connectivity index (χ1v) is 6.58. The summed E-state index contributed by atoms with van der Waals surface area (Å²) in [5, 5.41) is 1.12. The Bertz CT molecular complexity index is 401. The smallest absolute Gasteiger partial charge is 0.144 e. The summed E-state index contributed by atoms with van der Waals surface area (Å²) in [5.41, 5.74) is 0.673. The minimum Gasteiger partial charge on any atom is -0.591 e. The molecule has 0 unspecified atom stereocenters. The van der Waals surface area contributed by atoms with Gasteiger partial charge in [0.25, 0.3) is 0 Å². The normalized spacial score (nSPS) is 14.4. The van der Waals surface area contributed by atoms with Crippen LogP contribution in [0.25, 0.3) is 0 Å². The molecule has 88 valence electrons. The molecule has 0 aromatic heterocycles. The van der Waals surface area contributed by atoms with Gasteiger partial charge in [0.1, 0.15) is 16.1 Å². The lowest BCUT2D eigenvalue weighted by atomic mass is 10.2. The van der Waals surface area contributed by atoms with E-state index in [9.17, 15) is 4.55 Å². The Morgan fingerprint density at radius 2 is 1.94 bits per heavy atom. The maximum atomic E-state index is 11.7. The summed E-state index contributed by atoms with van der Waals surface area (Å²) in [7, 11) is 0. The molecule has 0 aliphatic heterocycles. The van der Waals surface area contributed by atoms with Crippen molar-refractivity contribution in [2.45, 2.75) is 25.5 Å². The average Bonchev–Trinajstić information content (AvgIpc) is 2.17. The molecule has 0 aliphatic rings. The Hall–Kier alpha value is -0.220. The van der Waals surface area contributed by atoms with E-state index < -0.39 is 11.4 Å². The Kier molecular flexibility index (Phi) is 4.68. The second kappa shape index (κ2) is 5.41. The predicted octanol–water partition coefficient (Wildman–Crippen LogP) is 3.87. The van der Waals surface area contributed by atoms with Crippen molar-refractivity contribution < 1.29 is 4.55 Å². The van der Waals surface area contributed by atoms with Gasteiger partial charge in [-0.1, -0.05) is 27.6 Å². The lowest BCUT2D eigenvalue weighted by Gasteiger charge is -2.17. The van der Waals surface area contributed by atoms with Crippen LogP contribution in [0.3, 0.4) is 0 Å². The summed E-state index contributed by atoms with van der Waals surface area (Å²) in [6.45, 7) is 5.58. The third-order valence-electron chi connectivity index (χ3n) is 1.77. The van der Waals surface area contributed by atoms with Crippen molar-refractivity contribution in [1.29, 1.82) is 0 Å². The number of hydrogen-bond acceptors (Lipinski definition) is 2. The molecule has 1 rings (SSSR count). The molecule has 0 saturated heterocycles. The van der Waals surface area contributed by atoms with Crippen LogP contribution in [0.4, 0.5) is 0 Å². The molecule has 1 aromatic carbocycles. The third-order valence-corrected chi connectivity index (χ3v) is 3.69. The first-order valence-electron chi connectivity index (χ1n) is 4.72. The monoisotopic (exact) mass is 277 g/mol. The van der Waals surface area contributed by atoms with Gasteiger partial charge in [-0.05, 0) is 39.0 Å². The Labute approximate surface area is 109 Å². The molecular weight excluding hydrogens is 265 g/mol. The van der Waals surface area contributed by atoms with Gasteiger partial charge >= 0.3 is 0 Å². The molecule has 5 heteroatoms. The molecule has 1 aromatic rings. The van der Waals surface area contributed by atoms with E-state index in [1.54, 1.807) is 18.2 Å². The fourth-order valence-corrected chi connectivity index (χ4v) is 1.75. The highest BCUT2D eigenvalue weighted by molar-refractivity contribution is 7.91. The molecule has 1 atom stereocenters.